The summed E-state index contributed by atoms with van der Waals surface area (Å²) in [4.78, 5) is 11.0. The lowest BCUT2D eigenvalue weighted by atomic mass is 9.97. The predicted octanol–water partition coefficient (Wildman–Crippen LogP) is 3.27. The van der Waals surface area contributed by atoms with Gasteiger partial charge in [-0.15, -0.1) is 0 Å². The summed E-state index contributed by atoms with van der Waals surface area (Å²) < 4.78 is 0. The number of fused-ring (bicyclic) bond motifs is 1. The number of carbonyl (C=O) groups is 1. The number of hydrogen-bond donors (Lipinski definition) is 1. The molecule has 3 rings (SSSR count). The van der Waals surface area contributed by atoms with Gasteiger partial charge >= 0.3 is 5.97 Å². The Kier molecular flexibility index (Phi) is 2.38. The Morgan fingerprint density at radius 2 is 1.94 bits per heavy atom. The van der Waals surface area contributed by atoms with E-state index >= 15 is 0 Å². The van der Waals surface area contributed by atoms with Crippen molar-refractivity contribution in [2.45, 2.75) is 0 Å². The Morgan fingerprint density at radius 1 is 1.11 bits per heavy atom. The van der Waals surface area contributed by atoms with Crippen LogP contribution in [0.15, 0.2) is 48.7 Å². The van der Waals surface area contributed by atoms with Gasteiger partial charge in [0.25, 0.3) is 0 Å². The first-order valence-corrected chi connectivity index (χ1v) is 5.60. The highest BCUT2D eigenvalue weighted by Crippen LogP contribution is 2.33. The zero-order valence-electron chi connectivity index (χ0n) is 9.50. The zero-order valence-corrected chi connectivity index (χ0v) is 9.50. The molecule has 1 heterocycles. The van der Waals surface area contributed by atoms with E-state index in [1.165, 1.54) is 0 Å². The van der Waals surface area contributed by atoms with Crippen LogP contribution in [0, 0.1) is 0 Å². The van der Waals surface area contributed by atoms with Crippen LogP contribution in [0.5, 0.6) is 0 Å². The molecule has 3 heteroatoms. The van der Waals surface area contributed by atoms with Crippen molar-refractivity contribution in [1.82, 2.24) is 5.32 Å². The van der Waals surface area contributed by atoms with Gasteiger partial charge in [0.05, 0.1) is 11.3 Å². The molecule has 0 amide bonds. The molecule has 0 fully saturated rings. The quantitative estimate of drug-likeness (QED) is 0.869. The maximum Gasteiger partial charge on any atom is 0.335 e. The van der Waals surface area contributed by atoms with E-state index in [0.717, 1.165) is 22.4 Å². The monoisotopic (exact) mass is 236 g/mol. The molecule has 1 aliphatic rings. The highest BCUT2D eigenvalue weighted by Gasteiger charge is 2.13. The second-order valence-electron chi connectivity index (χ2n) is 4.07. The average molecular weight is 236 g/mol. The molecule has 0 unspecified atom stereocenters. The Morgan fingerprint density at radius 3 is 2.78 bits per heavy atom. The Labute approximate surface area is 104 Å². The molecule has 3 nitrogen and oxygen atoms in total. The summed E-state index contributed by atoms with van der Waals surface area (Å²) in [7, 11) is 0. The molecule has 1 aliphatic heterocycles. The summed E-state index contributed by atoms with van der Waals surface area (Å²) in [5.74, 6) is -0.912. The third kappa shape index (κ3) is 1.66. The van der Waals surface area contributed by atoms with Crippen LogP contribution in [0.25, 0.3) is 17.2 Å². The minimum Gasteiger partial charge on any atom is -0.478 e. The predicted molar refractivity (Wildman–Crippen MR) is 69.7 cm³/mol. The highest BCUT2D eigenvalue weighted by atomic mass is 16.4. The maximum atomic E-state index is 11.0. The molecule has 1 radical (unpaired) electrons. The van der Waals surface area contributed by atoms with E-state index in [4.69, 9.17) is 5.11 Å². The molecule has 0 aromatic heterocycles. The van der Waals surface area contributed by atoms with E-state index in [-0.39, 0.29) is 0 Å². The van der Waals surface area contributed by atoms with E-state index in [2.05, 4.69) is 5.32 Å². The van der Waals surface area contributed by atoms with Crippen LogP contribution in [0.4, 0.5) is 5.69 Å². The van der Waals surface area contributed by atoms with Crippen molar-refractivity contribution >= 4 is 17.7 Å². The van der Waals surface area contributed by atoms with Gasteiger partial charge < -0.3 is 5.11 Å². The third-order valence-corrected chi connectivity index (χ3v) is 2.96. The van der Waals surface area contributed by atoms with Crippen LogP contribution in [0.2, 0.25) is 0 Å². The number of benzene rings is 2. The van der Waals surface area contributed by atoms with Crippen LogP contribution >= 0.6 is 0 Å². The van der Waals surface area contributed by atoms with Crippen LogP contribution in [-0.4, -0.2) is 11.1 Å². The van der Waals surface area contributed by atoms with Gasteiger partial charge in [-0.25, -0.2) is 4.79 Å². The molecular formula is C15H10NO2. The molecule has 2 aromatic rings. The molecule has 0 spiro atoms. The van der Waals surface area contributed by atoms with Gasteiger partial charge in [-0.3, -0.25) is 5.32 Å². The van der Waals surface area contributed by atoms with Gasteiger partial charge in [-0.2, -0.15) is 0 Å². The maximum absolute atomic E-state index is 11.0. The Balaban J connectivity index is 2.16. The van der Waals surface area contributed by atoms with E-state index < -0.39 is 5.97 Å². The van der Waals surface area contributed by atoms with Crippen molar-refractivity contribution in [3.63, 3.8) is 0 Å². The van der Waals surface area contributed by atoms with Crippen molar-refractivity contribution in [2.75, 3.05) is 0 Å². The van der Waals surface area contributed by atoms with Gasteiger partial charge in [0, 0.05) is 11.8 Å². The second kappa shape index (κ2) is 4.04. The van der Waals surface area contributed by atoms with Gasteiger partial charge in [0.15, 0.2) is 0 Å². The summed E-state index contributed by atoms with van der Waals surface area (Å²) in [6.07, 6.45) is 3.70. The number of nitrogens with zero attached hydrogens (tertiary/aromatic N) is 1. The third-order valence-electron chi connectivity index (χ3n) is 2.96. The number of carboxylic acids is 1. The fourth-order valence-electron chi connectivity index (χ4n) is 2.10. The van der Waals surface area contributed by atoms with E-state index in [9.17, 15) is 4.79 Å². The number of aromatic carboxylic acids is 1. The first-order chi connectivity index (χ1) is 8.75. The van der Waals surface area contributed by atoms with Gasteiger partial charge in [0.2, 0.25) is 0 Å². The first kappa shape index (κ1) is 10.6. The summed E-state index contributed by atoms with van der Waals surface area (Å²) in [5, 5.41) is 13.3. The summed E-state index contributed by atoms with van der Waals surface area (Å²) >= 11 is 0. The zero-order chi connectivity index (χ0) is 12.5. The lowest BCUT2D eigenvalue weighted by Crippen LogP contribution is -1.96. The lowest BCUT2D eigenvalue weighted by molar-refractivity contribution is 0.0697. The smallest absolute Gasteiger partial charge is 0.335 e. The topological polar surface area (TPSA) is 51.4 Å². The van der Waals surface area contributed by atoms with Crippen LogP contribution < -0.4 is 5.32 Å². The van der Waals surface area contributed by atoms with E-state index in [0.29, 0.717) is 5.56 Å². The molecule has 18 heavy (non-hydrogen) atoms. The van der Waals surface area contributed by atoms with Gasteiger partial charge in [-0.1, -0.05) is 24.3 Å². The molecule has 0 bridgehead atoms. The van der Waals surface area contributed by atoms with Crippen molar-refractivity contribution in [3.05, 3.63) is 59.8 Å². The molecule has 87 valence electrons. The van der Waals surface area contributed by atoms with Gasteiger partial charge in [-0.05, 0) is 35.4 Å². The Bertz CT molecular complexity index is 659. The molecule has 0 aliphatic carbocycles. The van der Waals surface area contributed by atoms with Gasteiger partial charge in [0.1, 0.15) is 0 Å². The number of rotatable bonds is 2. The van der Waals surface area contributed by atoms with E-state index in [1.54, 1.807) is 24.4 Å². The van der Waals surface area contributed by atoms with Crippen LogP contribution in [0.3, 0.4) is 0 Å². The molecule has 1 N–H and O–H groups in total. The summed E-state index contributed by atoms with van der Waals surface area (Å²) in [6.45, 7) is 0. The van der Waals surface area contributed by atoms with Crippen molar-refractivity contribution in [1.29, 1.82) is 0 Å². The molecule has 2 aromatic carbocycles. The standard InChI is InChI=1S/C15H10NO2/c17-15(18)11-4-1-3-10(9-11)12-5-2-6-14-13(12)7-8-16-14/h1-9H,(H,17,18). The van der Waals surface area contributed by atoms with Crippen molar-refractivity contribution < 1.29 is 9.90 Å². The van der Waals surface area contributed by atoms with Crippen molar-refractivity contribution in [2.24, 2.45) is 0 Å². The average Bonchev–Trinajstić information content (AvgIpc) is 2.87. The number of hydrogen-bond acceptors (Lipinski definition) is 1. The molecular weight excluding hydrogens is 226 g/mol. The summed E-state index contributed by atoms with van der Waals surface area (Å²) in [6, 6.07) is 12.8. The lowest BCUT2D eigenvalue weighted by Gasteiger charge is -2.07. The SMILES string of the molecule is O=C(O)c1cccc(-c2cccc3c2C=C[N]3)c1. The van der Waals surface area contributed by atoms with Crippen LogP contribution in [0.1, 0.15) is 15.9 Å². The fourth-order valence-corrected chi connectivity index (χ4v) is 2.10. The van der Waals surface area contributed by atoms with E-state index in [1.807, 2.05) is 30.3 Å². The highest BCUT2D eigenvalue weighted by molar-refractivity contribution is 5.91. The van der Waals surface area contributed by atoms with Crippen LogP contribution in [-0.2, 0) is 0 Å². The molecule has 0 saturated carbocycles. The normalized spacial score (nSPS) is 12.0. The largest absolute Gasteiger partial charge is 0.478 e. The molecule has 0 atom stereocenters. The fraction of sp³-hybridized carbons (Fsp3) is 0. The first-order valence-electron chi connectivity index (χ1n) is 5.60. The minimum atomic E-state index is -0.912. The Hall–Kier alpha value is -2.55. The number of carboxylic acid groups (broad SMARTS) is 1. The van der Waals surface area contributed by atoms with Crippen molar-refractivity contribution in [3.8, 4) is 11.1 Å². The second-order valence-corrected chi connectivity index (χ2v) is 4.07. The molecule has 0 saturated heterocycles. The minimum absolute atomic E-state index is 0.295. The summed E-state index contributed by atoms with van der Waals surface area (Å²) in [5.41, 5.74) is 4.17.